The molecule has 0 aromatic heterocycles. The van der Waals surface area contributed by atoms with Crippen LogP contribution in [0, 0.1) is 0 Å². The van der Waals surface area contributed by atoms with Gasteiger partial charge in [-0.15, -0.1) is 11.6 Å². The molecule has 7 heteroatoms. The van der Waals surface area contributed by atoms with Crippen LogP contribution in [0.15, 0.2) is 48.5 Å². The first kappa shape index (κ1) is 22.9. The third-order valence-electron chi connectivity index (χ3n) is 5.60. The van der Waals surface area contributed by atoms with Gasteiger partial charge in [0.1, 0.15) is 23.4 Å². The molecule has 166 valence electrons. The molecule has 0 radical (unpaired) electrons. The van der Waals surface area contributed by atoms with Crippen molar-refractivity contribution in [2.45, 2.75) is 44.2 Å². The molecule has 0 spiro atoms. The molecule has 2 aromatic carbocycles. The van der Waals surface area contributed by atoms with Gasteiger partial charge in [-0.1, -0.05) is 37.5 Å². The molecule has 0 aliphatic heterocycles. The highest BCUT2D eigenvalue weighted by molar-refractivity contribution is 6.29. The summed E-state index contributed by atoms with van der Waals surface area (Å²) in [5.74, 6) is 0.423. The third kappa shape index (κ3) is 5.70. The summed E-state index contributed by atoms with van der Waals surface area (Å²) in [4.78, 5) is 28.0. The summed E-state index contributed by atoms with van der Waals surface area (Å²) in [5.41, 5.74) is 1.22. The van der Waals surface area contributed by atoms with Crippen molar-refractivity contribution < 1.29 is 19.1 Å². The van der Waals surface area contributed by atoms with Gasteiger partial charge in [-0.3, -0.25) is 14.5 Å². The first-order valence-electron chi connectivity index (χ1n) is 10.5. The number of carbonyl (C=O) groups is 2. The molecule has 31 heavy (non-hydrogen) atoms. The Morgan fingerprint density at radius 1 is 1.03 bits per heavy atom. The van der Waals surface area contributed by atoms with Gasteiger partial charge in [0, 0.05) is 17.8 Å². The van der Waals surface area contributed by atoms with Crippen LogP contribution in [0.25, 0.3) is 0 Å². The molecule has 3 rings (SSSR count). The minimum absolute atomic E-state index is 0.111. The van der Waals surface area contributed by atoms with Crippen molar-refractivity contribution >= 4 is 29.1 Å². The predicted molar refractivity (Wildman–Crippen MR) is 122 cm³/mol. The van der Waals surface area contributed by atoms with E-state index in [0.717, 1.165) is 25.7 Å². The Kier molecular flexibility index (Phi) is 8.18. The van der Waals surface area contributed by atoms with E-state index >= 15 is 0 Å². The van der Waals surface area contributed by atoms with Crippen LogP contribution in [0.1, 0.15) is 43.7 Å². The lowest BCUT2D eigenvalue weighted by molar-refractivity contribution is -0.126. The van der Waals surface area contributed by atoms with E-state index in [9.17, 15) is 9.59 Å². The molecule has 2 aromatic rings. The largest absolute Gasteiger partial charge is 0.497 e. The molecular formula is C24H29ClN2O4. The Morgan fingerprint density at radius 3 is 2.32 bits per heavy atom. The van der Waals surface area contributed by atoms with Crippen molar-refractivity contribution in [1.29, 1.82) is 0 Å². The van der Waals surface area contributed by atoms with Crippen LogP contribution in [0.4, 0.5) is 5.69 Å². The van der Waals surface area contributed by atoms with Crippen LogP contribution in [-0.2, 0) is 9.59 Å². The first-order chi connectivity index (χ1) is 15.1. The molecule has 1 aliphatic rings. The number of carbonyl (C=O) groups excluding carboxylic acids is 2. The van der Waals surface area contributed by atoms with E-state index < -0.39 is 6.04 Å². The highest BCUT2D eigenvalue weighted by Gasteiger charge is 2.34. The van der Waals surface area contributed by atoms with E-state index in [-0.39, 0.29) is 23.7 Å². The molecule has 1 N–H and O–H groups in total. The monoisotopic (exact) mass is 444 g/mol. The summed E-state index contributed by atoms with van der Waals surface area (Å²) >= 11 is 5.97. The Bertz CT molecular complexity index is 881. The van der Waals surface area contributed by atoms with Crippen LogP contribution >= 0.6 is 11.6 Å². The number of hydrogen-bond acceptors (Lipinski definition) is 4. The van der Waals surface area contributed by atoms with Gasteiger partial charge in [-0.25, -0.2) is 0 Å². The second-order valence-corrected chi connectivity index (χ2v) is 7.89. The van der Waals surface area contributed by atoms with Crippen LogP contribution in [0.3, 0.4) is 0 Å². The minimum Gasteiger partial charge on any atom is -0.497 e. The maximum Gasteiger partial charge on any atom is 0.248 e. The quantitative estimate of drug-likeness (QED) is 0.610. The van der Waals surface area contributed by atoms with Crippen LogP contribution in [0.5, 0.6) is 11.5 Å². The summed E-state index contributed by atoms with van der Waals surface area (Å²) in [6.45, 7) is 0. The third-order valence-corrected chi connectivity index (χ3v) is 5.83. The van der Waals surface area contributed by atoms with Gasteiger partial charge >= 0.3 is 0 Å². The molecule has 0 heterocycles. The summed E-state index contributed by atoms with van der Waals surface area (Å²) in [6, 6.07) is 13.5. The second-order valence-electron chi connectivity index (χ2n) is 7.62. The zero-order valence-electron chi connectivity index (χ0n) is 18.0. The number of halogens is 1. The first-order valence-corrected chi connectivity index (χ1v) is 11.1. The lowest BCUT2D eigenvalue weighted by Gasteiger charge is -2.33. The minimum atomic E-state index is -0.869. The van der Waals surface area contributed by atoms with Crippen molar-refractivity contribution in [2.75, 3.05) is 25.0 Å². The molecule has 1 fully saturated rings. The second kappa shape index (κ2) is 11.0. The Labute approximate surface area is 188 Å². The average molecular weight is 445 g/mol. The fourth-order valence-corrected chi connectivity index (χ4v) is 4.12. The highest BCUT2D eigenvalue weighted by atomic mass is 35.5. The maximum atomic E-state index is 13.5. The van der Waals surface area contributed by atoms with Crippen molar-refractivity contribution in [3.05, 3.63) is 54.1 Å². The van der Waals surface area contributed by atoms with Gasteiger partial charge in [0.2, 0.25) is 11.8 Å². The molecule has 0 bridgehead atoms. The molecule has 0 saturated heterocycles. The maximum absolute atomic E-state index is 13.5. The molecule has 1 aliphatic carbocycles. The van der Waals surface area contributed by atoms with Crippen LogP contribution < -0.4 is 19.7 Å². The normalized spacial score (nSPS) is 15.1. The van der Waals surface area contributed by atoms with Crippen LogP contribution in [0.2, 0.25) is 0 Å². The predicted octanol–water partition coefficient (Wildman–Crippen LogP) is 4.47. The number of ether oxygens (including phenoxy) is 2. The van der Waals surface area contributed by atoms with E-state index in [1.54, 1.807) is 62.8 Å². The molecule has 2 amide bonds. The smallest absolute Gasteiger partial charge is 0.248 e. The van der Waals surface area contributed by atoms with Gasteiger partial charge in [-0.2, -0.15) is 0 Å². The number of nitrogens with zero attached hydrogens (tertiary/aromatic N) is 1. The van der Waals surface area contributed by atoms with Crippen molar-refractivity contribution in [3.8, 4) is 11.5 Å². The highest BCUT2D eigenvalue weighted by Crippen LogP contribution is 2.32. The Hall–Kier alpha value is -2.73. The number of alkyl halides is 1. The van der Waals surface area contributed by atoms with Gasteiger partial charge < -0.3 is 14.8 Å². The summed E-state index contributed by atoms with van der Waals surface area (Å²) < 4.78 is 10.6. The van der Waals surface area contributed by atoms with Gasteiger partial charge in [0.05, 0.1) is 14.2 Å². The molecule has 1 atom stereocenters. The fourth-order valence-electron chi connectivity index (χ4n) is 3.99. The zero-order valence-corrected chi connectivity index (χ0v) is 18.7. The number of nitrogens with one attached hydrogen (secondary N) is 1. The lowest BCUT2D eigenvalue weighted by atomic mass is 9.94. The molecule has 6 nitrogen and oxygen atoms in total. The molecule has 1 saturated carbocycles. The lowest BCUT2D eigenvalue weighted by Crippen LogP contribution is -2.47. The van der Waals surface area contributed by atoms with E-state index in [1.807, 2.05) is 0 Å². The SMILES string of the molecule is COc1ccc([C@@H](C(=O)NC2CCCCC2)N(C(=O)CCl)c2cccc(OC)c2)cc1. The number of methoxy groups -OCH3 is 2. The van der Waals surface area contributed by atoms with E-state index in [2.05, 4.69) is 5.32 Å². The summed E-state index contributed by atoms with van der Waals surface area (Å²) in [5, 5.41) is 3.17. The number of anilines is 1. The zero-order chi connectivity index (χ0) is 22.2. The van der Waals surface area contributed by atoms with E-state index in [4.69, 9.17) is 21.1 Å². The number of rotatable bonds is 8. The summed E-state index contributed by atoms with van der Waals surface area (Å²) in [6.07, 6.45) is 5.28. The standard InChI is InChI=1S/C24H29ClN2O4/c1-30-20-13-11-17(12-14-20)23(24(29)26-18-7-4-3-5-8-18)27(22(28)16-25)19-9-6-10-21(15-19)31-2/h6,9-15,18,23H,3-5,7-8,16H2,1-2H3,(H,26,29)/t23-/m0/s1. The van der Waals surface area contributed by atoms with Gasteiger partial charge in [-0.05, 0) is 42.7 Å². The Balaban J connectivity index is 2.03. The number of hydrogen-bond donors (Lipinski definition) is 1. The number of amides is 2. The topological polar surface area (TPSA) is 67.9 Å². The van der Waals surface area contributed by atoms with Crippen LogP contribution in [-0.4, -0.2) is 38.0 Å². The van der Waals surface area contributed by atoms with E-state index in [0.29, 0.717) is 22.7 Å². The fraction of sp³-hybridized carbons (Fsp3) is 0.417. The van der Waals surface area contributed by atoms with E-state index in [1.165, 1.54) is 11.3 Å². The summed E-state index contributed by atoms with van der Waals surface area (Å²) in [7, 11) is 3.14. The molecule has 0 unspecified atom stereocenters. The van der Waals surface area contributed by atoms with Gasteiger partial charge in [0.25, 0.3) is 0 Å². The van der Waals surface area contributed by atoms with Crippen molar-refractivity contribution in [1.82, 2.24) is 5.32 Å². The van der Waals surface area contributed by atoms with Crippen molar-refractivity contribution in [3.63, 3.8) is 0 Å². The molecular weight excluding hydrogens is 416 g/mol. The van der Waals surface area contributed by atoms with Gasteiger partial charge in [0.15, 0.2) is 0 Å². The number of benzene rings is 2. The average Bonchev–Trinajstić information content (AvgIpc) is 2.82. The van der Waals surface area contributed by atoms with Crippen molar-refractivity contribution in [2.24, 2.45) is 0 Å². The Morgan fingerprint density at radius 2 is 1.71 bits per heavy atom.